The van der Waals surface area contributed by atoms with Crippen LogP contribution in [0.3, 0.4) is 0 Å². The maximum atomic E-state index is 12.3. The largest absolute Gasteiger partial charge is 0.465 e. The molecule has 1 aliphatic heterocycles. The first-order chi connectivity index (χ1) is 10.0. The Bertz CT molecular complexity index is 548. The zero-order chi connectivity index (χ0) is 15.4. The molecule has 5 nitrogen and oxygen atoms in total. The van der Waals surface area contributed by atoms with E-state index in [2.05, 4.69) is 15.0 Å². The number of amides is 1. The van der Waals surface area contributed by atoms with Gasteiger partial charge in [0.15, 0.2) is 0 Å². The van der Waals surface area contributed by atoms with Crippen LogP contribution in [0.25, 0.3) is 0 Å². The first kappa shape index (κ1) is 15.8. The lowest BCUT2D eigenvalue weighted by Gasteiger charge is -2.28. The van der Waals surface area contributed by atoms with Gasteiger partial charge < -0.3 is 15.0 Å². The summed E-state index contributed by atoms with van der Waals surface area (Å²) in [7, 11) is 3.32. The third-order valence-corrected chi connectivity index (χ3v) is 3.97. The molecule has 1 aromatic rings. The van der Waals surface area contributed by atoms with Crippen molar-refractivity contribution >= 4 is 29.2 Å². The van der Waals surface area contributed by atoms with Crippen molar-refractivity contribution in [3.63, 3.8) is 0 Å². The fourth-order valence-corrected chi connectivity index (χ4v) is 2.65. The molecule has 114 valence electrons. The smallest absolute Gasteiger partial charge is 0.337 e. The molecule has 1 N–H and O–H groups in total. The highest BCUT2D eigenvalue weighted by Gasteiger charge is 2.24. The molecule has 0 bridgehead atoms. The molecule has 0 unspecified atom stereocenters. The molecular weight excluding hydrogens is 292 g/mol. The predicted molar refractivity (Wildman–Crippen MR) is 81.6 cm³/mol. The van der Waals surface area contributed by atoms with Gasteiger partial charge in [-0.1, -0.05) is 11.6 Å². The lowest BCUT2D eigenvalue weighted by molar-refractivity contribution is -0.121. The van der Waals surface area contributed by atoms with Crippen LogP contribution < -0.4 is 5.32 Å². The fraction of sp³-hybridized carbons (Fsp3) is 0.467. The van der Waals surface area contributed by atoms with E-state index in [-0.39, 0.29) is 11.8 Å². The second kappa shape index (κ2) is 6.91. The number of piperidine rings is 1. The molecule has 1 saturated heterocycles. The number of hydrogen-bond acceptors (Lipinski definition) is 4. The molecule has 0 aromatic heterocycles. The van der Waals surface area contributed by atoms with E-state index in [1.165, 1.54) is 7.11 Å². The van der Waals surface area contributed by atoms with E-state index in [0.717, 1.165) is 25.9 Å². The molecule has 2 rings (SSSR count). The Kier molecular flexibility index (Phi) is 5.20. The molecule has 0 radical (unpaired) electrons. The molecule has 21 heavy (non-hydrogen) atoms. The zero-order valence-electron chi connectivity index (χ0n) is 12.2. The third kappa shape index (κ3) is 3.95. The molecule has 6 heteroatoms. The molecule has 1 fully saturated rings. The number of anilines is 1. The summed E-state index contributed by atoms with van der Waals surface area (Å²) in [6.45, 7) is 1.75. The Morgan fingerprint density at radius 2 is 2.19 bits per heavy atom. The summed E-state index contributed by atoms with van der Waals surface area (Å²) in [5.74, 6) is -0.577. The van der Waals surface area contributed by atoms with Gasteiger partial charge in [-0.15, -0.1) is 0 Å². The highest BCUT2D eigenvalue weighted by atomic mass is 35.5. The van der Waals surface area contributed by atoms with Gasteiger partial charge in [-0.3, -0.25) is 4.79 Å². The molecule has 1 amide bonds. The van der Waals surface area contributed by atoms with Crippen LogP contribution in [0.2, 0.25) is 5.02 Å². The second-order valence-corrected chi connectivity index (χ2v) is 5.68. The number of esters is 1. The summed E-state index contributed by atoms with van der Waals surface area (Å²) in [6, 6.07) is 4.69. The SMILES string of the molecule is COC(=O)c1ccc(Cl)c(NC(=O)[C@@H]2CCCN(C)C2)c1. The number of methoxy groups -OCH3 is 1. The number of likely N-dealkylation sites (tertiary alicyclic amines) is 1. The van der Waals surface area contributed by atoms with Gasteiger partial charge in [-0.05, 0) is 44.6 Å². The van der Waals surface area contributed by atoms with E-state index in [4.69, 9.17) is 11.6 Å². The van der Waals surface area contributed by atoms with Crippen LogP contribution in [0.1, 0.15) is 23.2 Å². The highest BCUT2D eigenvalue weighted by Crippen LogP contribution is 2.25. The Morgan fingerprint density at radius 1 is 1.43 bits per heavy atom. The van der Waals surface area contributed by atoms with Crippen molar-refractivity contribution < 1.29 is 14.3 Å². The Labute approximate surface area is 129 Å². The quantitative estimate of drug-likeness (QED) is 0.871. The number of benzene rings is 1. The molecule has 1 aliphatic rings. The summed E-state index contributed by atoms with van der Waals surface area (Å²) in [6.07, 6.45) is 1.87. The summed E-state index contributed by atoms with van der Waals surface area (Å²) < 4.78 is 4.67. The van der Waals surface area contributed by atoms with E-state index in [1.54, 1.807) is 18.2 Å². The normalized spacial score (nSPS) is 19.1. The zero-order valence-corrected chi connectivity index (χ0v) is 12.9. The van der Waals surface area contributed by atoms with E-state index >= 15 is 0 Å². The molecule has 0 spiro atoms. The molecule has 1 aromatic carbocycles. The average Bonchev–Trinajstić information content (AvgIpc) is 2.48. The third-order valence-electron chi connectivity index (χ3n) is 3.64. The van der Waals surface area contributed by atoms with Crippen LogP contribution in [0.4, 0.5) is 5.69 Å². The summed E-state index contributed by atoms with van der Waals surface area (Å²) in [4.78, 5) is 26.0. The van der Waals surface area contributed by atoms with Crippen LogP contribution in [0, 0.1) is 5.92 Å². The van der Waals surface area contributed by atoms with Crippen LogP contribution in [-0.4, -0.2) is 44.0 Å². The number of nitrogens with zero attached hydrogens (tertiary/aromatic N) is 1. The summed E-state index contributed by atoms with van der Waals surface area (Å²) >= 11 is 6.08. The standard InChI is InChI=1S/C15H19ClN2O3/c1-18-7-3-4-11(9-18)14(19)17-13-8-10(15(20)21-2)5-6-12(13)16/h5-6,8,11H,3-4,7,9H2,1-2H3,(H,17,19)/t11-/m1/s1. The molecular formula is C15H19ClN2O3. The first-order valence-electron chi connectivity index (χ1n) is 6.88. The van der Waals surface area contributed by atoms with Gasteiger partial charge in [-0.25, -0.2) is 4.79 Å². The van der Waals surface area contributed by atoms with Crippen molar-refractivity contribution in [3.05, 3.63) is 28.8 Å². The number of halogens is 1. The van der Waals surface area contributed by atoms with Crippen molar-refractivity contribution in [3.8, 4) is 0 Å². The minimum Gasteiger partial charge on any atom is -0.465 e. The Hall–Kier alpha value is -1.59. The van der Waals surface area contributed by atoms with Crippen molar-refractivity contribution in [2.24, 2.45) is 5.92 Å². The van der Waals surface area contributed by atoms with Gasteiger partial charge in [0.2, 0.25) is 5.91 Å². The fourth-order valence-electron chi connectivity index (χ4n) is 2.48. The van der Waals surface area contributed by atoms with Crippen molar-refractivity contribution in [2.45, 2.75) is 12.8 Å². The number of ether oxygens (including phenoxy) is 1. The minimum absolute atomic E-state index is 0.0541. The minimum atomic E-state index is -0.459. The van der Waals surface area contributed by atoms with E-state index < -0.39 is 5.97 Å². The maximum absolute atomic E-state index is 12.3. The number of nitrogens with one attached hydrogen (secondary N) is 1. The Morgan fingerprint density at radius 3 is 2.86 bits per heavy atom. The first-order valence-corrected chi connectivity index (χ1v) is 7.26. The maximum Gasteiger partial charge on any atom is 0.337 e. The second-order valence-electron chi connectivity index (χ2n) is 5.28. The predicted octanol–water partition coefficient (Wildman–Crippen LogP) is 2.41. The molecule has 0 saturated carbocycles. The summed E-state index contributed by atoms with van der Waals surface area (Å²) in [5, 5.41) is 3.22. The van der Waals surface area contributed by atoms with Crippen molar-refractivity contribution in [2.75, 3.05) is 32.6 Å². The lowest BCUT2D eigenvalue weighted by atomic mass is 9.97. The van der Waals surface area contributed by atoms with Gasteiger partial charge in [0, 0.05) is 6.54 Å². The van der Waals surface area contributed by atoms with E-state index in [9.17, 15) is 9.59 Å². The average molecular weight is 311 g/mol. The van der Waals surface area contributed by atoms with Crippen LogP contribution in [0.5, 0.6) is 0 Å². The van der Waals surface area contributed by atoms with Crippen LogP contribution >= 0.6 is 11.6 Å². The Balaban J connectivity index is 2.11. The van der Waals surface area contributed by atoms with Gasteiger partial charge in [0.1, 0.15) is 0 Å². The van der Waals surface area contributed by atoms with Gasteiger partial charge in [-0.2, -0.15) is 0 Å². The molecule has 0 aliphatic carbocycles. The molecule has 1 atom stereocenters. The van der Waals surface area contributed by atoms with Gasteiger partial charge >= 0.3 is 5.97 Å². The topological polar surface area (TPSA) is 58.6 Å². The summed E-state index contributed by atoms with van der Waals surface area (Å²) in [5.41, 5.74) is 0.802. The number of carbonyl (C=O) groups excluding carboxylic acids is 2. The van der Waals surface area contributed by atoms with Crippen LogP contribution in [-0.2, 0) is 9.53 Å². The molecule has 1 heterocycles. The van der Waals surface area contributed by atoms with E-state index in [0.29, 0.717) is 16.3 Å². The lowest BCUT2D eigenvalue weighted by Crippen LogP contribution is -2.38. The van der Waals surface area contributed by atoms with E-state index in [1.807, 2.05) is 7.05 Å². The van der Waals surface area contributed by atoms with Crippen molar-refractivity contribution in [1.29, 1.82) is 0 Å². The highest BCUT2D eigenvalue weighted by molar-refractivity contribution is 6.33. The number of carbonyl (C=O) groups is 2. The van der Waals surface area contributed by atoms with Crippen LogP contribution in [0.15, 0.2) is 18.2 Å². The number of hydrogen-bond donors (Lipinski definition) is 1. The van der Waals surface area contributed by atoms with Gasteiger partial charge in [0.25, 0.3) is 0 Å². The monoisotopic (exact) mass is 310 g/mol. The van der Waals surface area contributed by atoms with Crippen molar-refractivity contribution in [1.82, 2.24) is 4.90 Å². The van der Waals surface area contributed by atoms with Gasteiger partial charge in [0.05, 0.1) is 29.3 Å². The number of rotatable bonds is 3.